The van der Waals surface area contributed by atoms with Gasteiger partial charge in [0.2, 0.25) is 0 Å². The maximum atomic E-state index is 11.9. The molecule has 0 aromatic rings. The second kappa shape index (κ2) is 3.29. The highest BCUT2D eigenvalue weighted by atomic mass is 16.2. The molecule has 0 bridgehead atoms. The molecule has 0 aliphatic carbocycles. The van der Waals surface area contributed by atoms with Gasteiger partial charge in [0.1, 0.15) is 12.3 Å². The van der Waals surface area contributed by atoms with Gasteiger partial charge in [-0.3, -0.25) is 4.90 Å². The van der Waals surface area contributed by atoms with Gasteiger partial charge in [0, 0.05) is 13.1 Å². The molecule has 84 valence electrons. The summed E-state index contributed by atoms with van der Waals surface area (Å²) >= 11 is 0. The molecular weight excluding hydrogens is 196 g/mol. The number of hydrogen-bond donors (Lipinski definition) is 2. The number of carbonyl (C=O) groups is 2. The minimum Gasteiger partial charge on any atom is -0.314 e. The van der Waals surface area contributed by atoms with Crippen molar-refractivity contribution in [2.45, 2.75) is 38.6 Å². The molecule has 3 atom stereocenters. The van der Waals surface area contributed by atoms with Gasteiger partial charge in [0.25, 0.3) is 0 Å². The predicted octanol–water partition coefficient (Wildman–Crippen LogP) is 0.117. The molecule has 15 heavy (non-hydrogen) atoms. The Morgan fingerprint density at radius 3 is 2.53 bits per heavy atom. The molecule has 2 N–H and O–H groups in total. The van der Waals surface area contributed by atoms with Gasteiger partial charge in [-0.25, -0.2) is 9.59 Å². The van der Waals surface area contributed by atoms with Crippen molar-refractivity contribution in [3.63, 3.8) is 0 Å². The minimum atomic E-state index is -0.237. The second-order valence-electron chi connectivity index (χ2n) is 4.07. The molecular formula is C9H16N4O2. The van der Waals surface area contributed by atoms with E-state index >= 15 is 0 Å². The van der Waals surface area contributed by atoms with E-state index in [1.807, 2.05) is 13.8 Å². The first-order chi connectivity index (χ1) is 7.06. The molecule has 0 saturated carbocycles. The molecule has 4 amide bonds. The third-order valence-corrected chi connectivity index (χ3v) is 3.16. The molecule has 2 saturated heterocycles. The van der Waals surface area contributed by atoms with Crippen LogP contribution in [0.2, 0.25) is 0 Å². The Hall–Kier alpha value is -1.46. The third kappa shape index (κ3) is 1.32. The lowest BCUT2D eigenvalue weighted by atomic mass is 10.2. The molecule has 2 fully saturated rings. The number of rotatable bonds is 2. The van der Waals surface area contributed by atoms with Gasteiger partial charge in [0.15, 0.2) is 0 Å². The Balaban J connectivity index is 2.24. The summed E-state index contributed by atoms with van der Waals surface area (Å²) in [5, 5.41) is 5.47. The molecule has 0 spiro atoms. The molecule has 2 aliphatic rings. The van der Waals surface area contributed by atoms with E-state index in [-0.39, 0.29) is 30.4 Å². The summed E-state index contributed by atoms with van der Waals surface area (Å²) in [6.45, 7) is 4.01. The fourth-order valence-corrected chi connectivity index (χ4v) is 2.08. The maximum Gasteiger partial charge on any atom is 0.323 e. The van der Waals surface area contributed by atoms with Crippen molar-refractivity contribution in [1.29, 1.82) is 0 Å². The summed E-state index contributed by atoms with van der Waals surface area (Å²) < 4.78 is 0. The summed E-state index contributed by atoms with van der Waals surface area (Å²) in [6.07, 6.45) is 0.405. The molecule has 6 heteroatoms. The average molecular weight is 212 g/mol. The lowest BCUT2D eigenvalue weighted by molar-refractivity contribution is 0.164. The standard InChI is InChI=1S/C9H16N4O2/c1-4-5(2)13-7-6(10-8(14)11-7)12(3)9(13)15/h5-7H,4H2,1-3H3,(H2,10,11,14)/t5-,6-,7-/m1/s1. The van der Waals surface area contributed by atoms with Crippen molar-refractivity contribution in [3.8, 4) is 0 Å². The summed E-state index contributed by atoms with van der Waals surface area (Å²) in [5.41, 5.74) is 0. The van der Waals surface area contributed by atoms with Crippen molar-refractivity contribution >= 4 is 12.1 Å². The first-order valence-corrected chi connectivity index (χ1v) is 5.18. The monoisotopic (exact) mass is 212 g/mol. The Bertz CT molecular complexity index is 306. The van der Waals surface area contributed by atoms with E-state index in [1.54, 1.807) is 16.8 Å². The number of carbonyl (C=O) groups excluding carboxylic acids is 2. The van der Waals surface area contributed by atoms with Crippen LogP contribution in [0.5, 0.6) is 0 Å². The highest BCUT2D eigenvalue weighted by Gasteiger charge is 2.50. The van der Waals surface area contributed by atoms with E-state index in [0.717, 1.165) is 6.42 Å². The smallest absolute Gasteiger partial charge is 0.314 e. The van der Waals surface area contributed by atoms with Gasteiger partial charge in [-0.2, -0.15) is 0 Å². The van der Waals surface area contributed by atoms with Crippen molar-refractivity contribution < 1.29 is 9.59 Å². The van der Waals surface area contributed by atoms with Gasteiger partial charge in [0.05, 0.1) is 0 Å². The van der Waals surface area contributed by atoms with Crippen molar-refractivity contribution in [2.75, 3.05) is 7.05 Å². The average Bonchev–Trinajstić information content (AvgIpc) is 2.66. The van der Waals surface area contributed by atoms with Crippen LogP contribution in [0.3, 0.4) is 0 Å². The van der Waals surface area contributed by atoms with E-state index < -0.39 is 0 Å². The lowest BCUT2D eigenvalue weighted by Gasteiger charge is -2.27. The van der Waals surface area contributed by atoms with Crippen molar-refractivity contribution in [2.24, 2.45) is 0 Å². The zero-order chi connectivity index (χ0) is 11.2. The summed E-state index contributed by atoms with van der Waals surface area (Å²) in [7, 11) is 1.70. The molecule has 0 radical (unpaired) electrons. The van der Waals surface area contributed by atoms with Gasteiger partial charge >= 0.3 is 12.1 Å². The molecule has 2 rings (SSSR count). The Morgan fingerprint density at radius 1 is 1.33 bits per heavy atom. The van der Waals surface area contributed by atoms with Crippen LogP contribution in [0.15, 0.2) is 0 Å². The van der Waals surface area contributed by atoms with Crippen molar-refractivity contribution in [3.05, 3.63) is 0 Å². The number of amides is 4. The Labute approximate surface area is 88.6 Å². The quantitative estimate of drug-likeness (QED) is 0.682. The minimum absolute atomic E-state index is 0.0353. The van der Waals surface area contributed by atoms with E-state index in [2.05, 4.69) is 10.6 Å². The number of fused-ring (bicyclic) bond motifs is 1. The van der Waals surface area contributed by atoms with Gasteiger partial charge in [-0.15, -0.1) is 0 Å². The number of nitrogens with zero attached hydrogens (tertiary/aromatic N) is 2. The lowest BCUT2D eigenvalue weighted by Crippen LogP contribution is -2.47. The van der Waals surface area contributed by atoms with E-state index in [9.17, 15) is 9.59 Å². The largest absolute Gasteiger partial charge is 0.323 e. The van der Waals surface area contributed by atoms with Crippen LogP contribution in [0.25, 0.3) is 0 Å². The molecule has 6 nitrogen and oxygen atoms in total. The van der Waals surface area contributed by atoms with E-state index in [0.29, 0.717) is 0 Å². The van der Waals surface area contributed by atoms with E-state index in [4.69, 9.17) is 0 Å². The SMILES string of the molecule is CC[C@@H](C)N1C(=O)N(C)[C@H]2NC(=O)N[C@@H]21. The van der Waals surface area contributed by atoms with Crippen LogP contribution in [0.4, 0.5) is 9.59 Å². The maximum absolute atomic E-state index is 11.9. The highest BCUT2D eigenvalue weighted by molar-refractivity contribution is 5.84. The van der Waals surface area contributed by atoms with Gasteiger partial charge < -0.3 is 15.5 Å². The highest BCUT2D eigenvalue weighted by Crippen LogP contribution is 2.24. The zero-order valence-electron chi connectivity index (χ0n) is 9.15. The Kier molecular flexibility index (Phi) is 2.21. The fourth-order valence-electron chi connectivity index (χ4n) is 2.08. The molecule has 0 unspecified atom stereocenters. The van der Waals surface area contributed by atoms with Crippen LogP contribution < -0.4 is 10.6 Å². The number of urea groups is 2. The summed E-state index contributed by atoms with van der Waals surface area (Å²) in [4.78, 5) is 26.4. The topological polar surface area (TPSA) is 64.7 Å². The van der Waals surface area contributed by atoms with Gasteiger partial charge in [-0.05, 0) is 13.3 Å². The molecule has 0 aromatic carbocycles. The number of hydrogen-bond acceptors (Lipinski definition) is 2. The van der Waals surface area contributed by atoms with Crippen LogP contribution in [-0.4, -0.2) is 47.3 Å². The summed E-state index contributed by atoms with van der Waals surface area (Å²) in [6, 6.07) is -0.111. The predicted molar refractivity (Wildman–Crippen MR) is 54.0 cm³/mol. The second-order valence-corrected chi connectivity index (χ2v) is 4.07. The molecule has 2 aliphatic heterocycles. The normalized spacial score (nSPS) is 31.4. The summed E-state index contributed by atoms with van der Waals surface area (Å²) in [5.74, 6) is 0. The Morgan fingerprint density at radius 2 is 1.93 bits per heavy atom. The van der Waals surface area contributed by atoms with Crippen LogP contribution in [-0.2, 0) is 0 Å². The number of likely N-dealkylation sites (N-methyl/N-ethyl adjacent to an activating group) is 1. The number of nitrogens with one attached hydrogen (secondary N) is 2. The van der Waals surface area contributed by atoms with Gasteiger partial charge in [-0.1, -0.05) is 6.92 Å². The van der Waals surface area contributed by atoms with Crippen molar-refractivity contribution in [1.82, 2.24) is 20.4 Å². The molecule has 0 aromatic heterocycles. The van der Waals surface area contributed by atoms with E-state index in [1.165, 1.54) is 0 Å². The first-order valence-electron chi connectivity index (χ1n) is 5.18. The van der Waals surface area contributed by atoms with Crippen LogP contribution in [0.1, 0.15) is 20.3 Å². The van der Waals surface area contributed by atoms with Crippen LogP contribution >= 0.6 is 0 Å². The zero-order valence-corrected chi connectivity index (χ0v) is 9.15. The first kappa shape index (κ1) is 10.1. The third-order valence-electron chi connectivity index (χ3n) is 3.16. The van der Waals surface area contributed by atoms with Crippen LogP contribution in [0, 0.1) is 0 Å². The fraction of sp³-hybridized carbons (Fsp3) is 0.778. The molecule has 2 heterocycles.